The van der Waals surface area contributed by atoms with Crippen LogP contribution in [0, 0.1) is 0 Å². The summed E-state index contributed by atoms with van der Waals surface area (Å²) in [5.41, 5.74) is 1.59. The molecule has 2 aromatic carbocycles. The molecule has 148 valence electrons. The SMILES string of the molecule is O=C(N=c1sccn1Cc1ccccc1Cl)C(O)C(O)c1nc2ccccc2s1. The number of fused-ring (bicyclic) bond motifs is 1. The highest BCUT2D eigenvalue weighted by atomic mass is 35.5. The fourth-order valence-electron chi connectivity index (χ4n) is 2.76. The Morgan fingerprint density at radius 2 is 1.93 bits per heavy atom. The summed E-state index contributed by atoms with van der Waals surface area (Å²) in [5, 5.41) is 23.4. The summed E-state index contributed by atoms with van der Waals surface area (Å²) >= 11 is 8.70. The lowest BCUT2D eigenvalue weighted by Crippen LogP contribution is -2.29. The van der Waals surface area contributed by atoms with Crippen LogP contribution < -0.4 is 4.80 Å². The molecule has 29 heavy (non-hydrogen) atoms. The van der Waals surface area contributed by atoms with Gasteiger partial charge in [-0.25, -0.2) is 4.98 Å². The number of nitrogens with zero attached hydrogens (tertiary/aromatic N) is 3. The molecule has 0 aliphatic carbocycles. The van der Waals surface area contributed by atoms with Crippen molar-refractivity contribution in [2.75, 3.05) is 0 Å². The molecule has 4 aromatic rings. The van der Waals surface area contributed by atoms with Gasteiger partial charge in [0.2, 0.25) is 0 Å². The molecule has 2 atom stereocenters. The fraction of sp³-hybridized carbons (Fsp3) is 0.150. The summed E-state index contributed by atoms with van der Waals surface area (Å²) in [6, 6.07) is 14.8. The minimum atomic E-state index is -1.70. The number of aromatic nitrogens is 2. The number of amides is 1. The van der Waals surface area contributed by atoms with E-state index in [1.54, 1.807) is 22.2 Å². The second-order valence-electron chi connectivity index (χ2n) is 6.26. The van der Waals surface area contributed by atoms with Gasteiger partial charge in [0.25, 0.3) is 5.91 Å². The second kappa shape index (κ2) is 8.56. The van der Waals surface area contributed by atoms with Crippen LogP contribution in [0.4, 0.5) is 0 Å². The Kier molecular flexibility index (Phi) is 5.89. The number of carbonyl (C=O) groups is 1. The molecule has 0 spiro atoms. The number of hydrogen-bond donors (Lipinski definition) is 2. The van der Waals surface area contributed by atoms with Crippen LogP contribution in [0.25, 0.3) is 10.2 Å². The standard InChI is InChI=1S/C20H16ClN3O3S2/c21-13-6-2-1-5-12(13)11-24-9-10-28-20(24)23-18(27)16(25)17(26)19-22-14-7-3-4-8-15(14)29-19/h1-10,16-17,25-26H,11H2. The molecule has 6 nitrogen and oxygen atoms in total. The Bertz CT molecular complexity index is 1200. The van der Waals surface area contributed by atoms with Crippen LogP contribution >= 0.6 is 34.3 Å². The van der Waals surface area contributed by atoms with Gasteiger partial charge in [-0.15, -0.1) is 22.7 Å². The van der Waals surface area contributed by atoms with Gasteiger partial charge in [0.15, 0.2) is 10.9 Å². The lowest BCUT2D eigenvalue weighted by Gasteiger charge is -2.11. The number of benzene rings is 2. The summed E-state index contributed by atoms with van der Waals surface area (Å²) in [7, 11) is 0. The highest BCUT2D eigenvalue weighted by Gasteiger charge is 2.28. The van der Waals surface area contributed by atoms with E-state index in [4.69, 9.17) is 11.6 Å². The van der Waals surface area contributed by atoms with Gasteiger partial charge < -0.3 is 14.8 Å². The van der Waals surface area contributed by atoms with Crippen molar-refractivity contribution in [1.29, 1.82) is 0 Å². The monoisotopic (exact) mass is 445 g/mol. The zero-order valence-corrected chi connectivity index (χ0v) is 17.4. The number of hydrogen-bond acceptors (Lipinski definition) is 6. The summed E-state index contributed by atoms with van der Waals surface area (Å²) in [5.74, 6) is -0.827. The maximum Gasteiger partial charge on any atom is 0.280 e. The molecule has 0 aliphatic rings. The Balaban J connectivity index is 1.56. The highest BCUT2D eigenvalue weighted by Crippen LogP contribution is 2.28. The van der Waals surface area contributed by atoms with Crippen LogP contribution in [0.1, 0.15) is 16.7 Å². The molecule has 2 heterocycles. The van der Waals surface area contributed by atoms with Crippen molar-refractivity contribution in [1.82, 2.24) is 9.55 Å². The molecule has 0 saturated heterocycles. The molecule has 1 amide bonds. The number of thiazole rings is 2. The first-order valence-corrected chi connectivity index (χ1v) is 10.8. The average Bonchev–Trinajstić information content (AvgIpc) is 3.35. The van der Waals surface area contributed by atoms with E-state index in [2.05, 4.69) is 9.98 Å². The molecule has 0 bridgehead atoms. The van der Waals surface area contributed by atoms with E-state index < -0.39 is 18.1 Å². The number of aliphatic hydroxyl groups is 2. The lowest BCUT2D eigenvalue weighted by molar-refractivity contribution is -0.132. The Morgan fingerprint density at radius 3 is 2.72 bits per heavy atom. The smallest absolute Gasteiger partial charge is 0.280 e. The third-order valence-corrected chi connectivity index (χ3v) is 6.55. The average molecular weight is 446 g/mol. The van der Waals surface area contributed by atoms with Crippen molar-refractivity contribution in [3.05, 3.63) is 80.5 Å². The van der Waals surface area contributed by atoms with E-state index in [1.807, 2.05) is 42.5 Å². The molecule has 2 N–H and O–H groups in total. The Morgan fingerprint density at radius 1 is 1.17 bits per heavy atom. The molecule has 9 heteroatoms. The molecule has 2 unspecified atom stereocenters. The quantitative estimate of drug-likeness (QED) is 0.493. The summed E-state index contributed by atoms with van der Waals surface area (Å²) in [6.07, 6.45) is -1.36. The zero-order chi connectivity index (χ0) is 20.4. The van der Waals surface area contributed by atoms with Crippen LogP contribution in [-0.2, 0) is 11.3 Å². The van der Waals surface area contributed by atoms with Crippen molar-refractivity contribution in [2.24, 2.45) is 4.99 Å². The maximum absolute atomic E-state index is 12.5. The van der Waals surface area contributed by atoms with Crippen LogP contribution in [0.5, 0.6) is 0 Å². The van der Waals surface area contributed by atoms with Crippen LogP contribution in [-0.4, -0.2) is 31.8 Å². The van der Waals surface area contributed by atoms with Gasteiger partial charge in [-0.1, -0.05) is 41.9 Å². The minimum absolute atomic E-state index is 0.275. The first-order valence-electron chi connectivity index (χ1n) is 8.70. The number of para-hydroxylation sites is 1. The molecule has 2 aromatic heterocycles. The zero-order valence-electron chi connectivity index (χ0n) is 15.0. The number of halogens is 1. The summed E-state index contributed by atoms with van der Waals surface area (Å²) < 4.78 is 2.63. The van der Waals surface area contributed by atoms with Crippen molar-refractivity contribution >= 4 is 50.4 Å². The highest BCUT2D eigenvalue weighted by molar-refractivity contribution is 7.18. The lowest BCUT2D eigenvalue weighted by atomic mass is 10.2. The number of aliphatic hydroxyl groups excluding tert-OH is 2. The first-order chi connectivity index (χ1) is 14.0. The Labute approximate surface area is 179 Å². The normalized spacial score (nSPS) is 14.2. The molecule has 4 rings (SSSR count). The molecular weight excluding hydrogens is 430 g/mol. The Hall–Kier alpha value is -2.36. The topological polar surface area (TPSA) is 87.7 Å². The predicted octanol–water partition coefficient (Wildman–Crippen LogP) is 3.38. The predicted molar refractivity (Wildman–Crippen MR) is 114 cm³/mol. The largest absolute Gasteiger partial charge is 0.383 e. The first kappa shape index (κ1) is 19.9. The molecule has 0 saturated carbocycles. The van der Waals surface area contributed by atoms with Crippen molar-refractivity contribution in [3.63, 3.8) is 0 Å². The molecule has 0 radical (unpaired) electrons. The van der Waals surface area contributed by atoms with Gasteiger partial charge >= 0.3 is 0 Å². The van der Waals surface area contributed by atoms with E-state index in [9.17, 15) is 15.0 Å². The van der Waals surface area contributed by atoms with Crippen molar-refractivity contribution in [3.8, 4) is 0 Å². The summed E-state index contributed by atoms with van der Waals surface area (Å²) in [6.45, 7) is 0.436. The second-order valence-corrected chi connectivity index (χ2v) is 8.61. The van der Waals surface area contributed by atoms with Crippen molar-refractivity contribution in [2.45, 2.75) is 18.8 Å². The fourth-order valence-corrected chi connectivity index (χ4v) is 4.68. The maximum atomic E-state index is 12.5. The third-order valence-electron chi connectivity index (χ3n) is 4.28. The van der Waals surface area contributed by atoms with Gasteiger partial charge in [0.05, 0.1) is 16.8 Å². The van der Waals surface area contributed by atoms with Crippen LogP contribution in [0.15, 0.2) is 65.1 Å². The van der Waals surface area contributed by atoms with E-state index in [0.717, 1.165) is 10.3 Å². The van der Waals surface area contributed by atoms with E-state index >= 15 is 0 Å². The number of carbonyl (C=O) groups excluding carboxylic acids is 1. The van der Waals surface area contributed by atoms with Gasteiger partial charge in [0, 0.05) is 16.6 Å². The molecular formula is C20H16ClN3O3S2. The van der Waals surface area contributed by atoms with Crippen molar-refractivity contribution < 1.29 is 15.0 Å². The molecule has 0 fully saturated rings. The van der Waals surface area contributed by atoms with Gasteiger partial charge in [-0.05, 0) is 23.8 Å². The van der Waals surface area contributed by atoms with E-state index in [1.165, 1.54) is 22.7 Å². The van der Waals surface area contributed by atoms with Gasteiger partial charge in [-0.2, -0.15) is 4.99 Å². The summed E-state index contributed by atoms with van der Waals surface area (Å²) in [4.78, 5) is 21.2. The van der Waals surface area contributed by atoms with Gasteiger partial charge in [0.1, 0.15) is 11.1 Å². The minimum Gasteiger partial charge on any atom is -0.383 e. The van der Waals surface area contributed by atoms with Crippen LogP contribution in [0.2, 0.25) is 5.02 Å². The third kappa shape index (κ3) is 4.31. The van der Waals surface area contributed by atoms with E-state index in [0.29, 0.717) is 21.9 Å². The molecule has 0 aliphatic heterocycles. The van der Waals surface area contributed by atoms with E-state index in [-0.39, 0.29) is 5.01 Å². The van der Waals surface area contributed by atoms with Crippen LogP contribution in [0.3, 0.4) is 0 Å². The number of rotatable bonds is 5. The van der Waals surface area contributed by atoms with Gasteiger partial charge in [-0.3, -0.25) is 4.79 Å².